The van der Waals surface area contributed by atoms with E-state index in [0.717, 1.165) is 12.0 Å². The molecular weight excluding hydrogens is 252 g/mol. The van der Waals surface area contributed by atoms with Crippen LogP contribution in [0.25, 0.3) is 0 Å². The van der Waals surface area contributed by atoms with Gasteiger partial charge in [-0.3, -0.25) is 0 Å². The van der Waals surface area contributed by atoms with E-state index in [9.17, 15) is 0 Å². The lowest BCUT2D eigenvalue weighted by Crippen LogP contribution is -2.13. The molecule has 0 aliphatic carbocycles. The van der Waals surface area contributed by atoms with E-state index in [-0.39, 0.29) is 18.4 Å². The van der Waals surface area contributed by atoms with E-state index in [1.165, 1.54) is 0 Å². The summed E-state index contributed by atoms with van der Waals surface area (Å²) in [5, 5.41) is 1.16. The highest BCUT2D eigenvalue weighted by Gasteiger charge is 2.13. The standard InChI is InChI=1S/C11H15Cl2N.ClH/c1-7(2)6-10(14)8-4-3-5-9(12)11(8)13;/h3-5,7,10H,6,14H2,1-2H3;1H/t10-;/m1./s1. The maximum Gasteiger partial charge on any atom is 0.0640 e. The average Bonchev–Trinajstić information content (AvgIpc) is 2.08. The molecule has 0 radical (unpaired) electrons. The largest absolute Gasteiger partial charge is 0.324 e. The molecule has 0 saturated carbocycles. The van der Waals surface area contributed by atoms with Crippen molar-refractivity contribution in [2.75, 3.05) is 0 Å². The Hall–Kier alpha value is 0.0500. The summed E-state index contributed by atoms with van der Waals surface area (Å²) in [5.74, 6) is 0.556. The van der Waals surface area contributed by atoms with Crippen molar-refractivity contribution in [1.29, 1.82) is 0 Å². The average molecular weight is 269 g/mol. The molecule has 1 rings (SSSR count). The van der Waals surface area contributed by atoms with E-state index < -0.39 is 0 Å². The molecule has 2 N–H and O–H groups in total. The summed E-state index contributed by atoms with van der Waals surface area (Å²) in [6.45, 7) is 4.27. The number of nitrogens with two attached hydrogens (primary N) is 1. The third kappa shape index (κ3) is 4.20. The zero-order valence-corrected chi connectivity index (χ0v) is 11.2. The zero-order chi connectivity index (χ0) is 10.7. The molecule has 0 aliphatic rings. The highest BCUT2D eigenvalue weighted by molar-refractivity contribution is 6.42. The molecule has 1 aromatic carbocycles. The van der Waals surface area contributed by atoms with Crippen LogP contribution in [0.1, 0.15) is 31.9 Å². The third-order valence-electron chi connectivity index (χ3n) is 2.11. The van der Waals surface area contributed by atoms with Crippen LogP contribution in [0, 0.1) is 5.92 Å². The first kappa shape index (κ1) is 15.0. The van der Waals surface area contributed by atoms with Crippen molar-refractivity contribution < 1.29 is 0 Å². The highest BCUT2D eigenvalue weighted by atomic mass is 35.5. The number of halogens is 3. The van der Waals surface area contributed by atoms with Crippen molar-refractivity contribution in [1.82, 2.24) is 0 Å². The van der Waals surface area contributed by atoms with Gasteiger partial charge in [0.25, 0.3) is 0 Å². The summed E-state index contributed by atoms with van der Waals surface area (Å²) in [6, 6.07) is 5.56. The van der Waals surface area contributed by atoms with Crippen molar-refractivity contribution in [3.8, 4) is 0 Å². The molecule has 1 atom stereocenters. The monoisotopic (exact) mass is 267 g/mol. The van der Waals surface area contributed by atoms with Gasteiger partial charge < -0.3 is 5.73 Å². The van der Waals surface area contributed by atoms with Gasteiger partial charge in [-0.15, -0.1) is 12.4 Å². The summed E-state index contributed by atoms with van der Waals surface area (Å²) >= 11 is 12.0. The molecule has 0 aromatic heterocycles. The van der Waals surface area contributed by atoms with Gasteiger partial charge in [-0.25, -0.2) is 0 Å². The first-order valence-corrected chi connectivity index (χ1v) is 5.47. The zero-order valence-electron chi connectivity index (χ0n) is 8.84. The van der Waals surface area contributed by atoms with Gasteiger partial charge in [0.2, 0.25) is 0 Å². The number of benzene rings is 1. The van der Waals surface area contributed by atoms with Crippen molar-refractivity contribution in [3.05, 3.63) is 33.8 Å². The van der Waals surface area contributed by atoms with Gasteiger partial charge >= 0.3 is 0 Å². The minimum atomic E-state index is -0.0267. The Morgan fingerprint density at radius 2 is 1.87 bits per heavy atom. The van der Waals surface area contributed by atoms with E-state index in [0.29, 0.717) is 16.0 Å². The molecule has 0 fully saturated rings. The molecular formula is C11H16Cl3N. The number of rotatable bonds is 3. The van der Waals surface area contributed by atoms with Crippen LogP contribution in [-0.2, 0) is 0 Å². The quantitative estimate of drug-likeness (QED) is 0.860. The molecule has 15 heavy (non-hydrogen) atoms. The van der Waals surface area contributed by atoms with Gasteiger partial charge in [-0.05, 0) is 24.0 Å². The van der Waals surface area contributed by atoms with Crippen LogP contribution in [0.4, 0.5) is 0 Å². The van der Waals surface area contributed by atoms with E-state index in [4.69, 9.17) is 28.9 Å². The van der Waals surface area contributed by atoms with Crippen LogP contribution >= 0.6 is 35.6 Å². The van der Waals surface area contributed by atoms with Gasteiger partial charge in [-0.1, -0.05) is 49.2 Å². The van der Waals surface area contributed by atoms with Crippen LogP contribution in [-0.4, -0.2) is 0 Å². The Balaban J connectivity index is 0.00000196. The van der Waals surface area contributed by atoms with Gasteiger partial charge in [0, 0.05) is 6.04 Å². The molecule has 0 bridgehead atoms. The Morgan fingerprint density at radius 1 is 1.27 bits per heavy atom. The van der Waals surface area contributed by atoms with Gasteiger partial charge in [-0.2, -0.15) is 0 Å². The fourth-order valence-corrected chi connectivity index (χ4v) is 1.89. The molecule has 0 heterocycles. The van der Waals surface area contributed by atoms with E-state index >= 15 is 0 Å². The molecule has 86 valence electrons. The summed E-state index contributed by atoms with van der Waals surface area (Å²) in [7, 11) is 0. The topological polar surface area (TPSA) is 26.0 Å². The van der Waals surface area contributed by atoms with Crippen molar-refractivity contribution in [2.45, 2.75) is 26.3 Å². The van der Waals surface area contributed by atoms with Gasteiger partial charge in [0.05, 0.1) is 10.0 Å². The smallest absolute Gasteiger partial charge is 0.0640 e. The van der Waals surface area contributed by atoms with Crippen molar-refractivity contribution in [2.24, 2.45) is 11.7 Å². The second-order valence-electron chi connectivity index (χ2n) is 3.88. The van der Waals surface area contributed by atoms with E-state index in [2.05, 4.69) is 13.8 Å². The van der Waals surface area contributed by atoms with Crippen LogP contribution in [0.2, 0.25) is 10.0 Å². The summed E-state index contributed by atoms with van der Waals surface area (Å²) in [5.41, 5.74) is 6.96. The lowest BCUT2D eigenvalue weighted by Gasteiger charge is -2.16. The minimum Gasteiger partial charge on any atom is -0.324 e. The second-order valence-corrected chi connectivity index (χ2v) is 4.66. The van der Waals surface area contributed by atoms with Crippen LogP contribution in [0.15, 0.2) is 18.2 Å². The SMILES string of the molecule is CC(C)C[C@@H](N)c1cccc(Cl)c1Cl.Cl. The molecule has 0 spiro atoms. The summed E-state index contributed by atoms with van der Waals surface area (Å²) < 4.78 is 0. The Morgan fingerprint density at radius 3 is 2.40 bits per heavy atom. The molecule has 0 amide bonds. The predicted molar refractivity (Wildman–Crippen MR) is 70.1 cm³/mol. The molecule has 0 saturated heterocycles. The van der Waals surface area contributed by atoms with Gasteiger partial charge in [0.15, 0.2) is 0 Å². The maximum absolute atomic E-state index is 6.06. The summed E-state index contributed by atoms with van der Waals surface area (Å²) in [6.07, 6.45) is 0.917. The first-order chi connectivity index (χ1) is 6.52. The Labute approximate surface area is 107 Å². The fourth-order valence-electron chi connectivity index (χ4n) is 1.44. The molecule has 0 unspecified atom stereocenters. The second kappa shape index (κ2) is 6.59. The fraction of sp³-hybridized carbons (Fsp3) is 0.455. The number of hydrogen-bond acceptors (Lipinski definition) is 1. The molecule has 0 aliphatic heterocycles. The predicted octanol–water partition coefficient (Wildman–Crippen LogP) is 4.46. The lowest BCUT2D eigenvalue weighted by atomic mass is 9.98. The lowest BCUT2D eigenvalue weighted by molar-refractivity contribution is 0.510. The molecule has 1 aromatic rings. The normalized spacial score (nSPS) is 12.4. The Bertz CT molecular complexity index is 313. The van der Waals surface area contributed by atoms with E-state index in [1.54, 1.807) is 6.07 Å². The maximum atomic E-state index is 6.06. The minimum absolute atomic E-state index is 0. The number of hydrogen-bond donors (Lipinski definition) is 1. The third-order valence-corrected chi connectivity index (χ3v) is 2.94. The summed E-state index contributed by atoms with van der Waals surface area (Å²) in [4.78, 5) is 0. The van der Waals surface area contributed by atoms with Crippen molar-refractivity contribution >= 4 is 35.6 Å². The van der Waals surface area contributed by atoms with Gasteiger partial charge in [0.1, 0.15) is 0 Å². The van der Waals surface area contributed by atoms with Crippen LogP contribution < -0.4 is 5.73 Å². The Kier molecular flexibility index (Phi) is 6.62. The van der Waals surface area contributed by atoms with Crippen LogP contribution in [0.3, 0.4) is 0 Å². The highest BCUT2D eigenvalue weighted by Crippen LogP contribution is 2.31. The molecule has 1 nitrogen and oxygen atoms in total. The van der Waals surface area contributed by atoms with E-state index in [1.807, 2.05) is 12.1 Å². The first-order valence-electron chi connectivity index (χ1n) is 4.72. The molecule has 4 heteroatoms. The van der Waals surface area contributed by atoms with Crippen LogP contribution in [0.5, 0.6) is 0 Å². The van der Waals surface area contributed by atoms with Crippen molar-refractivity contribution in [3.63, 3.8) is 0 Å².